The molecule has 0 fully saturated rings. The molecule has 1 aliphatic carbocycles. The number of ether oxygens (including phenoxy) is 1. The van der Waals surface area contributed by atoms with Crippen LogP contribution in [0.4, 0.5) is 4.79 Å². The smallest absolute Gasteiger partial charge is 0.407 e. The van der Waals surface area contributed by atoms with Crippen molar-refractivity contribution in [1.29, 1.82) is 0 Å². The number of fused-ring (bicyclic) bond motifs is 3. The number of aliphatic carboxylic acids is 1. The van der Waals surface area contributed by atoms with E-state index in [1.54, 1.807) is 0 Å². The molecule has 0 aliphatic heterocycles. The molecule has 0 saturated carbocycles. The molecule has 1 aliphatic rings. The van der Waals surface area contributed by atoms with Gasteiger partial charge in [0.15, 0.2) is 0 Å². The number of hydrogen-bond acceptors (Lipinski definition) is 4. The molecule has 2 amide bonds. The number of carboxylic acid groups (broad SMARTS) is 1. The van der Waals surface area contributed by atoms with E-state index >= 15 is 0 Å². The Hall–Kier alpha value is -3.35. The first-order chi connectivity index (χ1) is 17.0. The molecule has 35 heavy (non-hydrogen) atoms. The standard InChI is InChI=1S/C28H36N2O5/c1-2-20(18-26(31)29-17-11-5-3-4-6-16-27(32)33)30-28(34)35-19-25-23-14-9-7-12-21(23)22-13-8-10-15-24(22)25/h7-10,12-15,20,25H,2-6,11,16-19H2,1H3,(H,29,31)(H,30,34)(H,32,33). The number of nitrogens with one attached hydrogen (secondary N) is 2. The van der Waals surface area contributed by atoms with Crippen molar-refractivity contribution in [2.24, 2.45) is 0 Å². The molecule has 0 bridgehead atoms. The predicted octanol–water partition coefficient (Wildman–Crippen LogP) is 5.24. The Morgan fingerprint density at radius 1 is 0.914 bits per heavy atom. The number of unbranched alkanes of at least 4 members (excludes halogenated alkanes) is 4. The van der Waals surface area contributed by atoms with Crippen LogP contribution in [-0.2, 0) is 14.3 Å². The average molecular weight is 481 g/mol. The number of hydrogen-bond donors (Lipinski definition) is 3. The molecule has 2 aromatic carbocycles. The van der Waals surface area contributed by atoms with Gasteiger partial charge in [-0.3, -0.25) is 9.59 Å². The van der Waals surface area contributed by atoms with Gasteiger partial charge in [-0.2, -0.15) is 0 Å². The lowest BCUT2D eigenvalue weighted by molar-refractivity contribution is -0.137. The van der Waals surface area contributed by atoms with E-state index in [0.717, 1.165) is 36.8 Å². The zero-order valence-corrected chi connectivity index (χ0v) is 20.4. The third kappa shape index (κ3) is 7.84. The first-order valence-corrected chi connectivity index (χ1v) is 12.6. The van der Waals surface area contributed by atoms with Crippen LogP contribution in [0.2, 0.25) is 0 Å². The van der Waals surface area contributed by atoms with Crippen molar-refractivity contribution in [3.05, 3.63) is 59.7 Å². The first kappa shape index (κ1) is 26.3. The van der Waals surface area contributed by atoms with Gasteiger partial charge in [0, 0.05) is 31.3 Å². The van der Waals surface area contributed by atoms with Gasteiger partial charge in [0.25, 0.3) is 0 Å². The fourth-order valence-electron chi connectivity index (χ4n) is 4.56. The molecule has 0 spiro atoms. The van der Waals surface area contributed by atoms with Crippen LogP contribution in [0.5, 0.6) is 0 Å². The van der Waals surface area contributed by atoms with E-state index in [2.05, 4.69) is 34.9 Å². The van der Waals surface area contributed by atoms with Crippen molar-refractivity contribution in [3.63, 3.8) is 0 Å². The van der Waals surface area contributed by atoms with Crippen LogP contribution in [0.3, 0.4) is 0 Å². The van der Waals surface area contributed by atoms with Crippen molar-refractivity contribution < 1.29 is 24.2 Å². The van der Waals surface area contributed by atoms with Gasteiger partial charge in [-0.1, -0.05) is 74.7 Å². The van der Waals surface area contributed by atoms with E-state index < -0.39 is 12.1 Å². The zero-order valence-electron chi connectivity index (χ0n) is 20.4. The third-order valence-electron chi connectivity index (χ3n) is 6.48. The molecule has 0 aromatic heterocycles. The summed E-state index contributed by atoms with van der Waals surface area (Å²) in [7, 11) is 0. The number of carbonyl (C=O) groups is 3. The molecule has 7 heteroatoms. The van der Waals surface area contributed by atoms with Crippen LogP contribution in [0.15, 0.2) is 48.5 Å². The molecule has 188 valence electrons. The Kier molecular flexibility index (Phi) is 10.1. The largest absolute Gasteiger partial charge is 0.481 e. The number of benzene rings is 2. The Balaban J connectivity index is 1.37. The summed E-state index contributed by atoms with van der Waals surface area (Å²) in [6.45, 7) is 2.76. The fraction of sp³-hybridized carbons (Fsp3) is 0.464. The van der Waals surface area contributed by atoms with E-state index in [1.165, 1.54) is 11.1 Å². The summed E-state index contributed by atoms with van der Waals surface area (Å²) in [5.74, 6) is -0.850. The highest BCUT2D eigenvalue weighted by atomic mass is 16.5. The number of amides is 2. The zero-order chi connectivity index (χ0) is 25.0. The molecule has 1 atom stereocenters. The Morgan fingerprint density at radius 2 is 1.51 bits per heavy atom. The number of alkyl carbamates (subject to hydrolysis) is 1. The van der Waals surface area contributed by atoms with Crippen LogP contribution in [0.25, 0.3) is 11.1 Å². The van der Waals surface area contributed by atoms with E-state index in [1.807, 2.05) is 31.2 Å². The molecule has 0 radical (unpaired) electrons. The quantitative estimate of drug-likeness (QED) is 0.321. The Morgan fingerprint density at radius 3 is 2.14 bits per heavy atom. The molecular formula is C28H36N2O5. The van der Waals surface area contributed by atoms with Gasteiger partial charge in [-0.25, -0.2) is 4.79 Å². The highest BCUT2D eigenvalue weighted by molar-refractivity contribution is 5.79. The summed E-state index contributed by atoms with van der Waals surface area (Å²) in [5, 5.41) is 14.4. The maximum atomic E-state index is 12.5. The van der Waals surface area contributed by atoms with Crippen molar-refractivity contribution in [3.8, 4) is 11.1 Å². The fourth-order valence-corrected chi connectivity index (χ4v) is 4.56. The van der Waals surface area contributed by atoms with Crippen LogP contribution >= 0.6 is 0 Å². The SMILES string of the molecule is CCC(CC(=O)NCCCCCCCC(=O)O)NC(=O)OCC1c2ccccc2-c2ccccc21. The minimum Gasteiger partial charge on any atom is -0.481 e. The van der Waals surface area contributed by atoms with Gasteiger partial charge < -0.3 is 20.5 Å². The normalized spacial score (nSPS) is 12.9. The molecule has 1 unspecified atom stereocenters. The van der Waals surface area contributed by atoms with Gasteiger partial charge in [0.2, 0.25) is 5.91 Å². The second-order valence-corrected chi connectivity index (χ2v) is 9.04. The van der Waals surface area contributed by atoms with E-state index in [9.17, 15) is 14.4 Å². The molecule has 0 saturated heterocycles. The summed E-state index contributed by atoms with van der Waals surface area (Å²) in [4.78, 5) is 35.3. The van der Waals surface area contributed by atoms with Crippen molar-refractivity contribution in [2.75, 3.05) is 13.2 Å². The monoisotopic (exact) mass is 480 g/mol. The highest BCUT2D eigenvalue weighted by Crippen LogP contribution is 2.44. The second-order valence-electron chi connectivity index (χ2n) is 9.04. The van der Waals surface area contributed by atoms with Gasteiger partial charge in [0.1, 0.15) is 6.61 Å². The summed E-state index contributed by atoms with van der Waals surface area (Å²) in [6, 6.07) is 16.1. The summed E-state index contributed by atoms with van der Waals surface area (Å²) in [5.41, 5.74) is 4.69. The van der Waals surface area contributed by atoms with Crippen LogP contribution in [0, 0.1) is 0 Å². The number of rotatable bonds is 14. The predicted molar refractivity (Wildman–Crippen MR) is 135 cm³/mol. The van der Waals surface area contributed by atoms with E-state index in [4.69, 9.17) is 9.84 Å². The minimum absolute atomic E-state index is 0.000604. The highest BCUT2D eigenvalue weighted by Gasteiger charge is 2.29. The topological polar surface area (TPSA) is 105 Å². The summed E-state index contributed by atoms with van der Waals surface area (Å²) in [6.07, 6.45) is 4.90. The molecule has 0 heterocycles. The first-order valence-electron chi connectivity index (χ1n) is 12.6. The minimum atomic E-state index is -0.755. The van der Waals surface area contributed by atoms with Gasteiger partial charge in [-0.05, 0) is 41.5 Å². The van der Waals surface area contributed by atoms with Crippen LogP contribution < -0.4 is 10.6 Å². The van der Waals surface area contributed by atoms with Gasteiger partial charge in [-0.15, -0.1) is 0 Å². The maximum Gasteiger partial charge on any atom is 0.407 e. The molecule has 3 rings (SSSR count). The summed E-state index contributed by atoms with van der Waals surface area (Å²) >= 11 is 0. The van der Waals surface area contributed by atoms with Crippen molar-refractivity contribution in [1.82, 2.24) is 10.6 Å². The second kappa shape index (κ2) is 13.5. The molecule has 2 aromatic rings. The van der Waals surface area contributed by atoms with Crippen LogP contribution in [0.1, 0.15) is 75.3 Å². The molecule has 7 nitrogen and oxygen atoms in total. The van der Waals surface area contributed by atoms with Crippen molar-refractivity contribution in [2.45, 2.75) is 70.3 Å². The number of carboxylic acids is 1. The molecule has 3 N–H and O–H groups in total. The molecular weight excluding hydrogens is 444 g/mol. The van der Waals surface area contributed by atoms with Crippen molar-refractivity contribution >= 4 is 18.0 Å². The average Bonchev–Trinajstić information content (AvgIpc) is 3.17. The third-order valence-corrected chi connectivity index (χ3v) is 6.48. The Bertz CT molecular complexity index is 961. The maximum absolute atomic E-state index is 12.5. The van der Waals surface area contributed by atoms with Crippen LogP contribution in [-0.4, -0.2) is 42.3 Å². The van der Waals surface area contributed by atoms with Gasteiger partial charge >= 0.3 is 12.1 Å². The van der Waals surface area contributed by atoms with Gasteiger partial charge in [0.05, 0.1) is 0 Å². The van der Waals surface area contributed by atoms with E-state index in [0.29, 0.717) is 19.4 Å². The summed E-state index contributed by atoms with van der Waals surface area (Å²) < 4.78 is 5.60. The lowest BCUT2D eigenvalue weighted by Gasteiger charge is -2.19. The lowest BCUT2D eigenvalue weighted by atomic mass is 9.98. The van der Waals surface area contributed by atoms with E-state index in [-0.39, 0.29) is 37.3 Å². The number of carbonyl (C=O) groups excluding carboxylic acids is 2. The lowest BCUT2D eigenvalue weighted by Crippen LogP contribution is -2.39. The Labute approximate surface area is 207 Å².